The van der Waals surface area contributed by atoms with Crippen molar-refractivity contribution < 1.29 is 9.90 Å². The summed E-state index contributed by atoms with van der Waals surface area (Å²) >= 11 is 0. The van der Waals surface area contributed by atoms with Gasteiger partial charge in [0.1, 0.15) is 0 Å². The van der Waals surface area contributed by atoms with Crippen LogP contribution in [0.25, 0.3) is 0 Å². The first-order valence-electron chi connectivity index (χ1n) is 5.78. The first-order chi connectivity index (χ1) is 8.65. The zero-order valence-corrected chi connectivity index (χ0v) is 10.2. The molecule has 3 nitrogen and oxygen atoms in total. The van der Waals surface area contributed by atoms with Crippen molar-refractivity contribution in [1.29, 1.82) is 0 Å². The number of benzene rings is 2. The number of aromatic carboxylic acids is 1. The van der Waals surface area contributed by atoms with E-state index >= 15 is 0 Å². The van der Waals surface area contributed by atoms with Gasteiger partial charge in [-0.1, -0.05) is 29.8 Å². The third-order valence-corrected chi connectivity index (χ3v) is 2.75. The lowest BCUT2D eigenvalue weighted by molar-refractivity contribution is 0.0697. The molecule has 0 fully saturated rings. The summed E-state index contributed by atoms with van der Waals surface area (Å²) in [5, 5.41) is 12.0. The first kappa shape index (κ1) is 12.2. The average Bonchev–Trinajstić information content (AvgIpc) is 2.38. The van der Waals surface area contributed by atoms with Crippen molar-refractivity contribution in [3.8, 4) is 0 Å². The Morgan fingerprint density at radius 2 is 1.67 bits per heavy atom. The van der Waals surface area contributed by atoms with Gasteiger partial charge in [0.05, 0.1) is 5.56 Å². The van der Waals surface area contributed by atoms with Gasteiger partial charge in [0.25, 0.3) is 0 Å². The Labute approximate surface area is 106 Å². The monoisotopic (exact) mass is 241 g/mol. The molecule has 0 heterocycles. The van der Waals surface area contributed by atoms with E-state index < -0.39 is 5.97 Å². The predicted molar refractivity (Wildman–Crippen MR) is 71.9 cm³/mol. The predicted octanol–water partition coefficient (Wildman–Crippen LogP) is 3.31. The Morgan fingerprint density at radius 1 is 1.06 bits per heavy atom. The first-order valence-corrected chi connectivity index (χ1v) is 5.78. The Balaban J connectivity index is 1.97. The second-order valence-corrected chi connectivity index (χ2v) is 4.22. The maximum atomic E-state index is 10.7. The van der Waals surface area contributed by atoms with Crippen LogP contribution in [0, 0.1) is 6.92 Å². The number of carboxylic acids is 1. The van der Waals surface area contributed by atoms with E-state index in [2.05, 4.69) is 36.5 Å². The standard InChI is InChI=1S/C15H15NO2/c1-11-2-4-12(5-3-11)10-16-14-8-6-13(7-9-14)15(17)18/h2-9,16H,10H2,1H3,(H,17,18). The van der Waals surface area contributed by atoms with E-state index in [9.17, 15) is 4.79 Å². The molecule has 0 aliphatic rings. The van der Waals surface area contributed by atoms with Crippen molar-refractivity contribution in [2.75, 3.05) is 5.32 Å². The van der Waals surface area contributed by atoms with Crippen molar-refractivity contribution in [2.45, 2.75) is 13.5 Å². The van der Waals surface area contributed by atoms with Crippen molar-refractivity contribution in [2.24, 2.45) is 0 Å². The zero-order chi connectivity index (χ0) is 13.0. The Kier molecular flexibility index (Phi) is 3.63. The average molecular weight is 241 g/mol. The van der Waals surface area contributed by atoms with E-state index in [4.69, 9.17) is 5.11 Å². The molecule has 2 aromatic carbocycles. The van der Waals surface area contributed by atoms with Crippen LogP contribution in [0.3, 0.4) is 0 Å². The third-order valence-electron chi connectivity index (χ3n) is 2.75. The minimum atomic E-state index is -0.903. The molecule has 0 unspecified atom stereocenters. The normalized spacial score (nSPS) is 10.1. The largest absolute Gasteiger partial charge is 0.478 e. The van der Waals surface area contributed by atoms with Crippen LogP contribution in [0.5, 0.6) is 0 Å². The van der Waals surface area contributed by atoms with Gasteiger partial charge in [-0.2, -0.15) is 0 Å². The highest BCUT2D eigenvalue weighted by atomic mass is 16.4. The van der Waals surface area contributed by atoms with Crippen molar-refractivity contribution in [3.63, 3.8) is 0 Å². The summed E-state index contributed by atoms with van der Waals surface area (Å²) in [6.45, 7) is 2.79. The summed E-state index contributed by atoms with van der Waals surface area (Å²) < 4.78 is 0. The summed E-state index contributed by atoms with van der Waals surface area (Å²) in [7, 11) is 0. The molecule has 18 heavy (non-hydrogen) atoms. The van der Waals surface area contributed by atoms with Gasteiger partial charge in [-0.05, 0) is 36.8 Å². The van der Waals surface area contributed by atoms with Gasteiger partial charge < -0.3 is 10.4 Å². The topological polar surface area (TPSA) is 49.3 Å². The van der Waals surface area contributed by atoms with Crippen molar-refractivity contribution in [3.05, 3.63) is 65.2 Å². The molecule has 0 amide bonds. The number of hydrogen-bond donors (Lipinski definition) is 2. The van der Waals surface area contributed by atoms with E-state index in [0.717, 1.165) is 12.2 Å². The molecule has 2 N–H and O–H groups in total. The third kappa shape index (κ3) is 3.10. The summed E-state index contributed by atoms with van der Waals surface area (Å²) in [5.41, 5.74) is 3.66. The summed E-state index contributed by atoms with van der Waals surface area (Å²) in [6.07, 6.45) is 0. The van der Waals surface area contributed by atoms with Crippen molar-refractivity contribution in [1.82, 2.24) is 0 Å². The van der Waals surface area contributed by atoms with Gasteiger partial charge in [-0.3, -0.25) is 0 Å². The zero-order valence-electron chi connectivity index (χ0n) is 10.2. The Hall–Kier alpha value is -2.29. The lowest BCUT2D eigenvalue weighted by atomic mass is 10.1. The molecule has 2 aromatic rings. The maximum absolute atomic E-state index is 10.7. The lowest BCUT2D eigenvalue weighted by Crippen LogP contribution is -2.00. The Morgan fingerprint density at radius 3 is 2.22 bits per heavy atom. The molecular weight excluding hydrogens is 226 g/mol. The highest BCUT2D eigenvalue weighted by Crippen LogP contribution is 2.11. The molecule has 0 spiro atoms. The second kappa shape index (κ2) is 5.36. The SMILES string of the molecule is Cc1ccc(CNc2ccc(C(=O)O)cc2)cc1. The molecule has 0 radical (unpaired) electrons. The fraction of sp³-hybridized carbons (Fsp3) is 0.133. The van der Waals surface area contributed by atoms with Crippen LogP contribution in [-0.2, 0) is 6.54 Å². The van der Waals surface area contributed by atoms with Crippen LogP contribution in [0.4, 0.5) is 5.69 Å². The molecule has 3 heteroatoms. The fourth-order valence-corrected chi connectivity index (χ4v) is 1.64. The van der Waals surface area contributed by atoms with Gasteiger partial charge in [0, 0.05) is 12.2 Å². The molecule has 0 atom stereocenters. The molecule has 92 valence electrons. The summed E-state index contributed by atoms with van der Waals surface area (Å²) in [4.78, 5) is 10.7. The number of carbonyl (C=O) groups is 1. The minimum Gasteiger partial charge on any atom is -0.478 e. The molecule has 0 saturated carbocycles. The number of anilines is 1. The van der Waals surface area contributed by atoms with Crippen LogP contribution in [0.1, 0.15) is 21.5 Å². The summed E-state index contributed by atoms with van der Waals surface area (Å²) in [6, 6.07) is 15.0. The van der Waals surface area contributed by atoms with E-state index in [-0.39, 0.29) is 0 Å². The molecule has 2 rings (SSSR count). The fourth-order valence-electron chi connectivity index (χ4n) is 1.64. The quantitative estimate of drug-likeness (QED) is 0.863. The highest BCUT2D eigenvalue weighted by molar-refractivity contribution is 5.87. The van der Waals surface area contributed by atoms with Gasteiger partial charge in [0.15, 0.2) is 0 Å². The van der Waals surface area contributed by atoms with Crippen LogP contribution in [0.15, 0.2) is 48.5 Å². The number of carboxylic acid groups (broad SMARTS) is 1. The molecule has 0 bridgehead atoms. The smallest absolute Gasteiger partial charge is 0.335 e. The van der Waals surface area contributed by atoms with Crippen molar-refractivity contribution >= 4 is 11.7 Å². The van der Waals surface area contributed by atoms with Crippen LogP contribution >= 0.6 is 0 Å². The second-order valence-electron chi connectivity index (χ2n) is 4.22. The number of nitrogens with one attached hydrogen (secondary N) is 1. The van der Waals surface area contributed by atoms with E-state index in [1.165, 1.54) is 11.1 Å². The van der Waals surface area contributed by atoms with Gasteiger partial charge >= 0.3 is 5.97 Å². The minimum absolute atomic E-state index is 0.302. The molecule has 0 aromatic heterocycles. The molecule has 0 aliphatic carbocycles. The van der Waals surface area contributed by atoms with Crippen LogP contribution < -0.4 is 5.32 Å². The van der Waals surface area contributed by atoms with Crippen LogP contribution in [-0.4, -0.2) is 11.1 Å². The number of rotatable bonds is 4. The van der Waals surface area contributed by atoms with E-state index in [1.54, 1.807) is 24.3 Å². The Bertz CT molecular complexity index is 529. The van der Waals surface area contributed by atoms with Gasteiger partial charge in [-0.25, -0.2) is 4.79 Å². The number of aryl methyl sites for hydroxylation is 1. The van der Waals surface area contributed by atoms with E-state index in [1.807, 2.05) is 0 Å². The molecule has 0 saturated heterocycles. The van der Waals surface area contributed by atoms with Gasteiger partial charge in [0.2, 0.25) is 0 Å². The van der Waals surface area contributed by atoms with E-state index in [0.29, 0.717) is 5.56 Å². The lowest BCUT2D eigenvalue weighted by Gasteiger charge is -2.07. The van der Waals surface area contributed by atoms with Gasteiger partial charge in [-0.15, -0.1) is 0 Å². The number of hydrogen-bond acceptors (Lipinski definition) is 2. The highest BCUT2D eigenvalue weighted by Gasteiger charge is 2.01. The molecule has 0 aliphatic heterocycles. The van der Waals surface area contributed by atoms with Crippen LogP contribution in [0.2, 0.25) is 0 Å². The molecular formula is C15H15NO2. The maximum Gasteiger partial charge on any atom is 0.335 e. The summed E-state index contributed by atoms with van der Waals surface area (Å²) in [5.74, 6) is -0.903.